The predicted octanol–water partition coefficient (Wildman–Crippen LogP) is 3.96. The molecule has 0 aromatic heterocycles. The van der Waals surface area contributed by atoms with Gasteiger partial charge in [-0.2, -0.15) is 0 Å². The third-order valence-corrected chi connectivity index (χ3v) is 3.64. The van der Waals surface area contributed by atoms with Crippen molar-refractivity contribution in [3.63, 3.8) is 0 Å². The Balaban J connectivity index is 0.000000378. The van der Waals surface area contributed by atoms with E-state index in [1.807, 2.05) is 13.8 Å². The van der Waals surface area contributed by atoms with E-state index in [4.69, 9.17) is 0 Å². The van der Waals surface area contributed by atoms with E-state index in [0.717, 1.165) is 23.2 Å². The topological polar surface area (TPSA) is 0 Å². The first-order chi connectivity index (χ1) is 5.11. The van der Waals surface area contributed by atoms with E-state index in [2.05, 4.69) is 20.8 Å². The summed E-state index contributed by atoms with van der Waals surface area (Å²) in [6, 6.07) is 0. The van der Waals surface area contributed by atoms with Gasteiger partial charge in [0.15, 0.2) is 0 Å². The quantitative estimate of drug-likeness (QED) is 0.498. The van der Waals surface area contributed by atoms with Crippen LogP contribution in [0.15, 0.2) is 0 Å². The summed E-state index contributed by atoms with van der Waals surface area (Å²) in [4.78, 5) is 0. The Hall–Kier alpha value is 0. The third-order valence-electron chi connectivity index (χ3n) is 3.64. The van der Waals surface area contributed by atoms with Crippen LogP contribution >= 0.6 is 0 Å². The second-order valence-electron chi connectivity index (χ2n) is 4.68. The van der Waals surface area contributed by atoms with Crippen LogP contribution in [0.2, 0.25) is 0 Å². The third kappa shape index (κ3) is 1.21. The zero-order valence-electron chi connectivity index (χ0n) is 8.65. The van der Waals surface area contributed by atoms with Crippen molar-refractivity contribution < 1.29 is 1.43 Å². The minimum Gasteiger partial charge on any atom is -0.0683 e. The lowest BCUT2D eigenvalue weighted by molar-refractivity contribution is -0.134. The number of fused-ring (bicyclic) bond motifs is 1. The van der Waals surface area contributed by atoms with Crippen molar-refractivity contribution in [3.05, 3.63) is 0 Å². The van der Waals surface area contributed by atoms with Gasteiger partial charge in [-0.3, -0.25) is 0 Å². The lowest BCUT2D eigenvalue weighted by Crippen LogP contribution is -2.55. The summed E-state index contributed by atoms with van der Waals surface area (Å²) >= 11 is 0. The smallest absolute Gasteiger partial charge is 0 e. The van der Waals surface area contributed by atoms with E-state index in [1.54, 1.807) is 0 Å². The molecule has 0 aliphatic heterocycles. The Bertz CT molecular complexity index is 140. The molecule has 68 valence electrons. The Morgan fingerprint density at radius 2 is 1.82 bits per heavy atom. The fourth-order valence-corrected chi connectivity index (χ4v) is 2.79. The van der Waals surface area contributed by atoms with Gasteiger partial charge in [0.2, 0.25) is 0 Å². The van der Waals surface area contributed by atoms with Crippen LogP contribution in [-0.2, 0) is 0 Å². The van der Waals surface area contributed by atoms with Gasteiger partial charge in [-0.1, -0.05) is 34.6 Å². The summed E-state index contributed by atoms with van der Waals surface area (Å²) in [6.45, 7) is 11.2. The Morgan fingerprint density at radius 1 is 1.27 bits per heavy atom. The molecule has 0 spiro atoms. The highest BCUT2D eigenvalue weighted by molar-refractivity contribution is 5.05. The highest BCUT2D eigenvalue weighted by Gasteiger charge is 2.55. The monoisotopic (exact) mass is 156 g/mol. The summed E-state index contributed by atoms with van der Waals surface area (Å²) < 4.78 is 0. The lowest BCUT2D eigenvalue weighted by atomic mass is 9.42. The van der Waals surface area contributed by atoms with Gasteiger partial charge in [0.05, 0.1) is 0 Å². The van der Waals surface area contributed by atoms with Gasteiger partial charge in [-0.25, -0.2) is 0 Å². The first kappa shape index (κ1) is 9.09. The van der Waals surface area contributed by atoms with Crippen LogP contribution in [0.5, 0.6) is 0 Å². The molecule has 2 saturated carbocycles. The molecule has 0 heterocycles. The maximum Gasteiger partial charge on any atom is 0 e. The summed E-state index contributed by atoms with van der Waals surface area (Å²) in [6.07, 6.45) is 3.01. The molecule has 0 amide bonds. The van der Waals surface area contributed by atoms with Gasteiger partial charge in [0.1, 0.15) is 0 Å². The van der Waals surface area contributed by atoms with Crippen LogP contribution in [0, 0.1) is 23.2 Å². The molecule has 0 radical (unpaired) electrons. The average molecular weight is 156 g/mol. The molecule has 0 aromatic rings. The normalized spacial score (nSPS) is 43.9. The first-order valence-corrected chi connectivity index (χ1v) is 5.11. The standard InChI is InChI=1S/C9H16.C2H6.H2/c1-6-4-8-7(6)5-9(8,2)3;1-2;/h6-8H,4-5H2,1-3H3;1-2H3;1H. The highest BCUT2D eigenvalue weighted by Crippen LogP contribution is 2.64. The van der Waals surface area contributed by atoms with Crippen LogP contribution in [0.25, 0.3) is 0 Å². The molecule has 0 aromatic carbocycles. The van der Waals surface area contributed by atoms with Gasteiger partial charge in [-0.05, 0) is 36.0 Å². The molecular formula is C11H24. The fourth-order valence-electron chi connectivity index (χ4n) is 2.79. The second kappa shape index (κ2) is 2.80. The summed E-state index contributed by atoms with van der Waals surface area (Å²) in [5, 5.41) is 0. The van der Waals surface area contributed by atoms with E-state index >= 15 is 0 Å². The molecule has 2 fully saturated rings. The number of hydrogen-bond acceptors (Lipinski definition) is 0. The zero-order chi connectivity index (χ0) is 8.65. The minimum absolute atomic E-state index is 0. The number of hydrogen-bond donors (Lipinski definition) is 0. The van der Waals surface area contributed by atoms with Crippen molar-refractivity contribution in [1.82, 2.24) is 0 Å². The maximum atomic E-state index is 2.42. The van der Waals surface area contributed by atoms with Crippen LogP contribution in [0.1, 0.15) is 48.9 Å². The Kier molecular flexibility index (Phi) is 2.32. The van der Waals surface area contributed by atoms with Crippen molar-refractivity contribution in [3.8, 4) is 0 Å². The molecule has 2 aliphatic carbocycles. The van der Waals surface area contributed by atoms with Crippen molar-refractivity contribution in [2.24, 2.45) is 23.2 Å². The summed E-state index contributed by atoms with van der Waals surface area (Å²) in [7, 11) is 0. The average Bonchev–Trinajstić information content (AvgIpc) is 2.00. The van der Waals surface area contributed by atoms with E-state index in [1.165, 1.54) is 12.8 Å². The molecule has 0 saturated heterocycles. The van der Waals surface area contributed by atoms with Crippen LogP contribution in [0.4, 0.5) is 0 Å². The summed E-state index contributed by atoms with van der Waals surface area (Å²) in [5.41, 5.74) is 0.719. The molecule has 0 N–H and O–H groups in total. The lowest BCUT2D eigenvalue weighted by Gasteiger charge is -2.63. The van der Waals surface area contributed by atoms with Gasteiger partial charge in [0, 0.05) is 1.43 Å². The van der Waals surface area contributed by atoms with E-state index in [0.29, 0.717) is 0 Å². The fraction of sp³-hybridized carbons (Fsp3) is 1.00. The van der Waals surface area contributed by atoms with E-state index in [9.17, 15) is 0 Å². The first-order valence-electron chi connectivity index (χ1n) is 5.11. The summed E-state index contributed by atoms with van der Waals surface area (Å²) in [5.74, 6) is 3.29. The molecule has 11 heavy (non-hydrogen) atoms. The van der Waals surface area contributed by atoms with Crippen molar-refractivity contribution in [2.45, 2.75) is 47.5 Å². The molecule has 2 rings (SSSR count). The van der Waals surface area contributed by atoms with Crippen LogP contribution in [-0.4, -0.2) is 0 Å². The van der Waals surface area contributed by atoms with E-state index in [-0.39, 0.29) is 1.43 Å². The largest absolute Gasteiger partial charge is 0.0683 e. The molecule has 0 nitrogen and oxygen atoms in total. The maximum absolute atomic E-state index is 2.42. The molecular weight excluding hydrogens is 132 g/mol. The van der Waals surface area contributed by atoms with Gasteiger partial charge in [-0.15, -0.1) is 0 Å². The van der Waals surface area contributed by atoms with Gasteiger partial charge >= 0.3 is 0 Å². The molecule has 0 heteroatoms. The van der Waals surface area contributed by atoms with Crippen LogP contribution < -0.4 is 0 Å². The van der Waals surface area contributed by atoms with Crippen molar-refractivity contribution in [1.29, 1.82) is 0 Å². The molecule has 3 atom stereocenters. The SMILES string of the molecule is CC.CC1CC2C1CC2(C)C.[HH]. The molecule has 2 aliphatic rings. The Labute approximate surface area is 72.9 Å². The second-order valence-corrected chi connectivity index (χ2v) is 4.68. The predicted molar refractivity (Wildman–Crippen MR) is 52.6 cm³/mol. The van der Waals surface area contributed by atoms with Crippen molar-refractivity contribution >= 4 is 0 Å². The van der Waals surface area contributed by atoms with Gasteiger partial charge < -0.3 is 0 Å². The Morgan fingerprint density at radius 3 is 1.91 bits per heavy atom. The van der Waals surface area contributed by atoms with Gasteiger partial charge in [0.25, 0.3) is 0 Å². The zero-order valence-corrected chi connectivity index (χ0v) is 8.65. The van der Waals surface area contributed by atoms with E-state index < -0.39 is 0 Å². The highest BCUT2D eigenvalue weighted by atomic mass is 14.6. The van der Waals surface area contributed by atoms with Crippen molar-refractivity contribution in [2.75, 3.05) is 0 Å². The van der Waals surface area contributed by atoms with Crippen LogP contribution in [0.3, 0.4) is 0 Å². The number of rotatable bonds is 0. The minimum atomic E-state index is 0. The molecule has 3 unspecified atom stereocenters. The molecule has 0 bridgehead atoms.